The molecule has 3 aromatic rings. The second-order valence-electron chi connectivity index (χ2n) is 7.11. The fraction of sp³-hybridized carbons (Fsp3) is 0.350. The lowest BCUT2D eigenvalue weighted by molar-refractivity contribution is -0.141. The van der Waals surface area contributed by atoms with Crippen LogP contribution in [0.3, 0.4) is 0 Å². The monoisotopic (exact) mass is 423 g/mol. The highest BCUT2D eigenvalue weighted by atomic mass is 19.4. The number of carbonyl (C=O) groups is 1. The Bertz CT molecular complexity index is 1080. The van der Waals surface area contributed by atoms with Crippen LogP contribution in [0.5, 0.6) is 0 Å². The zero-order valence-electron chi connectivity index (χ0n) is 16.9. The van der Waals surface area contributed by atoms with Crippen molar-refractivity contribution < 1.29 is 22.4 Å². The highest BCUT2D eigenvalue weighted by Crippen LogP contribution is 2.29. The van der Waals surface area contributed by atoms with Crippen LogP contribution in [-0.2, 0) is 17.5 Å². The van der Waals surface area contributed by atoms with Gasteiger partial charge >= 0.3 is 6.18 Å². The van der Waals surface area contributed by atoms with Crippen LogP contribution in [-0.4, -0.2) is 25.5 Å². The molecule has 0 aliphatic carbocycles. The van der Waals surface area contributed by atoms with Gasteiger partial charge in [-0.1, -0.05) is 12.1 Å². The quantitative estimate of drug-likeness (QED) is 0.619. The average Bonchev–Trinajstić information content (AvgIpc) is 3.16. The maximum Gasteiger partial charge on any atom is 0.435 e. The summed E-state index contributed by atoms with van der Waals surface area (Å²) in [5, 5.41) is 10.6. The fourth-order valence-corrected chi connectivity index (χ4v) is 3.20. The molecule has 2 heterocycles. The molecule has 0 fully saturated rings. The number of rotatable bonds is 5. The molecule has 30 heavy (non-hydrogen) atoms. The third-order valence-corrected chi connectivity index (χ3v) is 4.81. The first kappa shape index (κ1) is 21.5. The number of benzene rings is 1. The maximum absolute atomic E-state index is 13.4. The molecule has 0 saturated heterocycles. The van der Waals surface area contributed by atoms with Crippen molar-refractivity contribution in [1.29, 1.82) is 0 Å². The number of aromatic nitrogens is 4. The number of carbonyl (C=O) groups excluding carboxylic acids is 1. The third kappa shape index (κ3) is 4.37. The Morgan fingerprint density at radius 1 is 1.17 bits per heavy atom. The predicted molar refractivity (Wildman–Crippen MR) is 103 cm³/mol. The average molecular weight is 423 g/mol. The Labute approximate surface area is 170 Å². The summed E-state index contributed by atoms with van der Waals surface area (Å²) >= 11 is 0. The lowest BCUT2D eigenvalue weighted by Crippen LogP contribution is -2.26. The Morgan fingerprint density at radius 2 is 1.87 bits per heavy atom. The van der Waals surface area contributed by atoms with Crippen LogP contribution in [0.25, 0.3) is 0 Å². The molecule has 0 bridgehead atoms. The highest BCUT2D eigenvalue weighted by molar-refractivity contribution is 5.94. The van der Waals surface area contributed by atoms with Crippen LogP contribution >= 0.6 is 0 Å². The number of halogens is 4. The molecule has 0 aliphatic rings. The first-order chi connectivity index (χ1) is 14.0. The van der Waals surface area contributed by atoms with E-state index in [9.17, 15) is 22.4 Å². The van der Waals surface area contributed by atoms with E-state index in [1.165, 1.54) is 26.0 Å². The molecule has 2 aromatic heterocycles. The van der Waals surface area contributed by atoms with E-state index in [1.807, 2.05) is 0 Å². The largest absolute Gasteiger partial charge is 0.435 e. The van der Waals surface area contributed by atoms with Crippen LogP contribution in [0.2, 0.25) is 0 Å². The Hall–Kier alpha value is -3.17. The number of hydrogen-bond acceptors (Lipinski definition) is 3. The van der Waals surface area contributed by atoms with Crippen molar-refractivity contribution in [2.24, 2.45) is 0 Å². The zero-order valence-corrected chi connectivity index (χ0v) is 16.9. The van der Waals surface area contributed by atoms with Gasteiger partial charge in [-0.05, 0) is 51.5 Å². The van der Waals surface area contributed by atoms with Crippen molar-refractivity contribution in [2.75, 3.05) is 5.32 Å². The van der Waals surface area contributed by atoms with Gasteiger partial charge in [0.1, 0.15) is 11.9 Å². The molecule has 6 nitrogen and oxygen atoms in total. The van der Waals surface area contributed by atoms with Gasteiger partial charge < -0.3 is 5.32 Å². The van der Waals surface area contributed by atoms with Crippen molar-refractivity contribution in [3.8, 4) is 0 Å². The van der Waals surface area contributed by atoms with E-state index in [-0.39, 0.29) is 11.5 Å². The van der Waals surface area contributed by atoms with Crippen molar-refractivity contribution in [3.63, 3.8) is 0 Å². The number of nitrogens with zero attached hydrogens (tertiary/aromatic N) is 4. The number of hydrogen-bond donors (Lipinski definition) is 1. The molecule has 1 atom stereocenters. The van der Waals surface area contributed by atoms with Gasteiger partial charge in [0, 0.05) is 5.69 Å². The number of nitrogens with one attached hydrogen (secondary N) is 1. The van der Waals surface area contributed by atoms with Gasteiger partial charge in [0.15, 0.2) is 5.69 Å². The molecule has 1 N–H and O–H groups in total. The standard InChI is InChI=1S/C20H21F4N5O/c1-11-8-17(20(22,23)24)27-29(11)14(4)19(30)25-18-12(2)26-28(13(18)3)10-15-6-5-7-16(21)9-15/h5-9,14H,10H2,1-4H3,(H,25,30). The van der Waals surface area contributed by atoms with E-state index in [2.05, 4.69) is 15.5 Å². The van der Waals surface area contributed by atoms with Crippen LogP contribution in [0.4, 0.5) is 23.2 Å². The van der Waals surface area contributed by atoms with Crippen LogP contribution < -0.4 is 5.32 Å². The molecule has 0 saturated carbocycles. The van der Waals surface area contributed by atoms with Gasteiger partial charge in [-0.3, -0.25) is 14.2 Å². The van der Waals surface area contributed by atoms with Crippen LogP contribution in [0.1, 0.15) is 41.3 Å². The predicted octanol–water partition coefficient (Wildman–Crippen LogP) is 4.41. The molecule has 0 radical (unpaired) electrons. The van der Waals surface area contributed by atoms with E-state index >= 15 is 0 Å². The highest BCUT2D eigenvalue weighted by Gasteiger charge is 2.35. The van der Waals surface area contributed by atoms with Crippen molar-refractivity contribution in [2.45, 2.75) is 46.5 Å². The molecule has 1 amide bonds. The van der Waals surface area contributed by atoms with E-state index < -0.39 is 23.8 Å². The zero-order chi connectivity index (χ0) is 22.2. The SMILES string of the molecule is Cc1nn(Cc2cccc(F)c2)c(C)c1NC(=O)C(C)n1nc(C(F)(F)F)cc1C. The molecular weight excluding hydrogens is 402 g/mol. The number of anilines is 1. The molecule has 1 unspecified atom stereocenters. The Balaban J connectivity index is 1.80. The summed E-state index contributed by atoms with van der Waals surface area (Å²) in [4.78, 5) is 12.7. The molecule has 3 rings (SSSR count). The third-order valence-electron chi connectivity index (χ3n) is 4.81. The van der Waals surface area contributed by atoms with Gasteiger partial charge in [0.05, 0.1) is 23.6 Å². The Kier molecular flexibility index (Phi) is 5.69. The van der Waals surface area contributed by atoms with Gasteiger partial charge in [0.2, 0.25) is 5.91 Å². The first-order valence-corrected chi connectivity index (χ1v) is 9.20. The lowest BCUT2D eigenvalue weighted by atomic mass is 10.2. The van der Waals surface area contributed by atoms with E-state index in [0.29, 0.717) is 29.2 Å². The fourth-order valence-electron chi connectivity index (χ4n) is 3.20. The summed E-state index contributed by atoms with van der Waals surface area (Å²) in [5.74, 6) is -0.879. The molecular formula is C20H21F4N5O. The van der Waals surface area contributed by atoms with Gasteiger partial charge in [0.25, 0.3) is 0 Å². The minimum absolute atomic E-state index is 0.222. The van der Waals surface area contributed by atoms with Crippen LogP contribution in [0.15, 0.2) is 30.3 Å². The molecule has 0 spiro atoms. The lowest BCUT2D eigenvalue weighted by Gasteiger charge is -2.15. The number of alkyl halides is 3. The van der Waals surface area contributed by atoms with Gasteiger partial charge in [-0.15, -0.1) is 0 Å². The molecule has 160 valence electrons. The topological polar surface area (TPSA) is 64.7 Å². The number of aryl methyl sites for hydroxylation is 2. The summed E-state index contributed by atoms with van der Waals surface area (Å²) in [6.45, 7) is 6.69. The maximum atomic E-state index is 13.4. The molecule has 10 heteroatoms. The van der Waals surface area contributed by atoms with Crippen molar-refractivity contribution in [1.82, 2.24) is 19.6 Å². The summed E-state index contributed by atoms with van der Waals surface area (Å²) in [6, 6.07) is 6.04. The summed E-state index contributed by atoms with van der Waals surface area (Å²) in [7, 11) is 0. The second-order valence-corrected chi connectivity index (χ2v) is 7.11. The normalized spacial score (nSPS) is 12.8. The minimum Gasteiger partial charge on any atom is -0.321 e. The van der Waals surface area contributed by atoms with Crippen LogP contribution in [0, 0.1) is 26.6 Å². The van der Waals surface area contributed by atoms with Gasteiger partial charge in [-0.2, -0.15) is 23.4 Å². The van der Waals surface area contributed by atoms with E-state index in [1.54, 1.807) is 30.7 Å². The first-order valence-electron chi connectivity index (χ1n) is 9.20. The van der Waals surface area contributed by atoms with Crippen molar-refractivity contribution in [3.05, 3.63) is 64.5 Å². The second kappa shape index (κ2) is 7.92. The summed E-state index contributed by atoms with van der Waals surface area (Å²) in [6.07, 6.45) is -4.59. The van der Waals surface area contributed by atoms with E-state index in [4.69, 9.17) is 0 Å². The molecule has 1 aromatic carbocycles. The summed E-state index contributed by atoms with van der Waals surface area (Å²) in [5.41, 5.74) is 1.53. The number of amides is 1. The minimum atomic E-state index is -4.59. The van der Waals surface area contributed by atoms with E-state index in [0.717, 1.165) is 10.7 Å². The summed E-state index contributed by atoms with van der Waals surface area (Å²) < 4.78 is 54.8. The Morgan fingerprint density at radius 3 is 2.47 bits per heavy atom. The molecule has 0 aliphatic heterocycles. The smallest absolute Gasteiger partial charge is 0.321 e. The van der Waals surface area contributed by atoms with Crippen molar-refractivity contribution >= 4 is 11.6 Å². The van der Waals surface area contributed by atoms with Gasteiger partial charge in [-0.25, -0.2) is 4.39 Å².